The first-order valence-corrected chi connectivity index (χ1v) is 8.63. The first-order chi connectivity index (χ1) is 11.6. The molecule has 25 heavy (non-hydrogen) atoms. The van der Waals surface area contributed by atoms with Crippen molar-refractivity contribution in [1.29, 1.82) is 0 Å². The second kappa shape index (κ2) is 7.08. The molecule has 0 aromatic heterocycles. The van der Waals surface area contributed by atoms with Gasteiger partial charge in [0.25, 0.3) is 0 Å². The summed E-state index contributed by atoms with van der Waals surface area (Å²) < 4.78 is 73.5. The van der Waals surface area contributed by atoms with Crippen molar-refractivity contribution >= 4 is 15.9 Å². The number of rotatable bonds is 5. The van der Waals surface area contributed by atoms with Crippen molar-refractivity contribution in [2.24, 2.45) is 0 Å². The molecule has 1 fully saturated rings. The molecule has 1 heterocycles. The van der Waals surface area contributed by atoms with Crippen LogP contribution in [0, 0.1) is 0 Å². The van der Waals surface area contributed by atoms with E-state index in [2.05, 4.69) is 0 Å². The van der Waals surface area contributed by atoms with Crippen LogP contribution in [0.15, 0.2) is 23.1 Å². The maximum Gasteiger partial charge on any atom is 0.471 e. The van der Waals surface area contributed by atoms with Crippen LogP contribution in [0.1, 0.15) is 6.42 Å². The van der Waals surface area contributed by atoms with Gasteiger partial charge in [-0.2, -0.15) is 17.5 Å². The maximum atomic E-state index is 12.8. The van der Waals surface area contributed by atoms with Gasteiger partial charge in [0, 0.05) is 25.2 Å². The minimum Gasteiger partial charge on any atom is -0.497 e. The third-order valence-electron chi connectivity index (χ3n) is 3.73. The largest absolute Gasteiger partial charge is 0.497 e. The Morgan fingerprint density at radius 3 is 2.52 bits per heavy atom. The Morgan fingerprint density at radius 2 is 1.96 bits per heavy atom. The van der Waals surface area contributed by atoms with E-state index in [-0.39, 0.29) is 30.2 Å². The first-order valence-electron chi connectivity index (χ1n) is 7.19. The zero-order valence-electron chi connectivity index (χ0n) is 13.5. The molecule has 0 radical (unpaired) electrons. The minimum absolute atomic E-state index is 0.0223. The zero-order chi connectivity index (χ0) is 18.8. The number of alkyl halides is 3. The van der Waals surface area contributed by atoms with E-state index < -0.39 is 28.1 Å². The van der Waals surface area contributed by atoms with Crippen molar-refractivity contribution in [2.45, 2.75) is 23.5 Å². The van der Waals surface area contributed by atoms with E-state index in [4.69, 9.17) is 9.47 Å². The second-order valence-corrected chi connectivity index (χ2v) is 7.24. The molecule has 1 N–H and O–H groups in total. The first kappa shape index (κ1) is 19.3. The van der Waals surface area contributed by atoms with Crippen molar-refractivity contribution in [3.05, 3.63) is 18.2 Å². The van der Waals surface area contributed by atoms with Crippen molar-refractivity contribution < 1.29 is 35.9 Å². The summed E-state index contributed by atoms with van der Waals surface area (Å²) in [6.07, 6.45) is -4.93. The van der Waals surface area contributed by atoms with Crippen LogP contribution in [0.5, 0.6) is 11.5 Å². The number of carbonyl (C=O) groups excluding carboxylic acids is 1. The molecule has 140 valence electrons. The number of nitrogens with zero attached hydrogens (tertiary/aromatic N) is 1. The summed E-state index contributed by atoms with van der Waals surface area (Å²) in [7, 11) is -1.35. The third kappa shape index (κ3) is 4.15. The summed E-state index contributed by atoms with van der Waals surface area (Å²) in [5.74, 6) is -1.71. The highest BCUT2D eigenvalue weighted by Crippen LogP contribution is 2.32. The van der Waals surface area contributed by atoms with Crippen molar-refractivity contribution in [3.8, 4) is 11.5 Å². The molecule has 0 saturated carbocycles. The van der Waals surface area contributed by atoms with E-state index in [1.165, 1.54) is 32.4 Å². The van der Waals surface area contributed by atoms with Crippen molar-refractivity contribution in [2.75, 3.05) is 27.3 Å². The number of methoxy groups -OCH3 is 2. The molecule has 0 spiro atoms. The fourth-order valence-electron chi connectivity index (χ4n) is 2.46. The topological polar surface area (TPSA) is 84.9 Å². The highest BCUT2D eigenvalue weighted by atomic mass is 32.2. The Labute approximate surface area is 142 Å². The molecule has 1 aromatic rings. The number of benzene rings is 1. The molecule has 0 aliphatic carbocycles. The van der Waals surface area contributed by atoms with Gasteiger partial charge in [-0.05, 0) is 18.6 Å². The molecule has 1 atom stereocenters. The van der Waals surface area contributed by atoms with Crippen LogP contribution in [0.3, 0.4) is 0 Å². The molecule has 1 unspecified atom stereocenters. The van der Waals surface area contributed by atoms with E-state index >= 15 is 0 Å². The summed E-state index contributed by atoms with van der Waals surface area (Å²) in [6, 6.07) is 3.30. The fourth-order valence-corrected chi connectivity index (χ4v) is 4.13. The summed E-state index contributed by atoms with van der Waals surface area (Å²) in [5.41, 5.74) is 0. The maximum absolute atomic E-state index is 12.8. The van der Waals surface area contributed by atoms with Crippen LogP contribution >= 0.6 is 0 Å². The molecule has 2 rings (SSSR count). The van der Waals surface area contributed by atoms with Crippen molar-refractivity contribution in [3.63, 3.8) is 0 Å². The van der Waals surface area contributed by atoms with Gasteiger partial charge in [0.05, 0.1) is 14.2 Å². The van der Waals surface area contributed by atoms with E-state index in [1.54, 1.807) is 5.32 Å². The zero-order valence-corrected chi connectivity index (χ0v) is 14.3. The number of hydrogen-bond acceptors (Lipinski definition) is 5. The van der Waals surface area contributed by atoms with Gasteiger partial charge in [-0.15, -0.1) is 0 Å². The van der Waals surface area contributed by atoms with Crippen LogP contribution in [0.2, 0.25) is 0 Å². The Bertz CT molecular complexity index is 751. The predicted octanol–water partition coefficient (Wildman–Crippen LogP) is 1.15. The third-order valence-corrected chi connectivity index (χ3v) is 5.62. The van der Waals surface area contributed by atoms with E-state index in [9.17, 15) is 26.4 Å². The van der Waals surface area contributed by atoms with Gasteiger partial charge in [0.1, 0.15) is 16.4 Å². The van der Waals surface area contributed by atoms with Gasteiger partial charge < -0.3 is 14.8 Å². The molecule has 1 aliphatic heterocycles. The van der Waals surface area contributed by atoms with Gasteiger partial charge in [-0.1, -0.05) is 0 Å². The van der Waals surface area contributed by atoms with Crippen LogP contribution in [-0.2, 0) is 14.8 Å². The molecule has 7 nitrogen and oxygen atoms in total. The second-order valence-electron chi connectivity index (χ2n) is 5.34. The Hall–Kier alpha value is -2.01. The van der Waals surface area contributed by atoms with E-state index in [0.717, 1.165) is 4.31 Å². The average Bonchev–Trinajstić information content (AvgIpc) is 3.02. The molecule has 1 aromatic carbocycles. The number of halogens is 3. The minimum atomic E-state index is -5.01. The molecule has 1 saturated heterocycles. The highest BCUT2D eigenvalue weighted by Gasteiger charge is 2.42. The van der Waals surface area contributed by atoms with Gasteiger partial charge in [0.15, 0.2) is 0 Å². The number of nitrogens with one attached hydrogen (secondary N) is 1. The Kier molecular flexibility index (Phi) is 5.47. The lowest BCUT2D eigenvalue weighted by Gasteiger charge is -2.19. The lowest BCUT2D eigenvalue weighted by molar-refractivity contribution is -0.174. The smallest absolute Gasteiger partial charge is 0.471 e. The van der Waals surface area contributed by atoms with Crippen LogP contribution < -0.4 is 14.8 Å². The summed E-state index contributed by atoms with van der Waals surface area (Å²) in [4.78, 5) is 10.8. The normalized spacial score (nSPS) is 18.8. The summed E-state index contributed by atoms with van der Waals surface area (Å²) >= 11 is 0. The van der Waals surface area contributed by atoms with Crippen LogP contribution in [-0.4, -0.2) is 58.2 Å². The highest BCUT2D eigenvalue weighted by molar-refractivity contribution is 7.89. The van der Waals surface area contributed by atoms with E-state index in [1.807, 2.05) is 0 Å². The molecule has 11 heteroatoms. The van der Waals surface area contributed by atoms with Gasteiger partial charge in [-0.25, -0.2) is 8.42 Å². The molecule has 0 bridgehead atoms. The Balaban J connectivity index is 2.20. The molecular weight excluding hydrogens is 365 g/mol. The van der Waals surface area contributed by atoms with Gasteiger partial charge in [-0.3, -0.25) is 4.79 Å². The fraction of sp³-hybridized carbons (Fsp3) is 0.500. The molecular formula is C14H17F3N2O5S. The number of ether oxygens (including phenoxy) is 2. The lowest BCUT2D eigenvalue weighted by Crippen LogP contribution is -2.44. The lowest BCUT2D eigenvalue weighted by atomic mass is 10.2. The van der Waals surface area contributed by atoms with Gasteiger partial charge >= 0.3 is 12.1 Å². The summed E-state index contributed by atoms with van der Waals surface area (Å²) in [6.45, 7) is -0.282. The SMILES string of the molecule is COc1ccc(OC)c(S(=O)(=O)N2CCC(NC(=O)C(F)(F)F)C2)c1. The van der Waals surface area contributed by atoms with Crippen molar-refractivity contribution in [1.82, 2.24) is 9.62 Å². The number of carbonyl (C=O) groups is 1. The number of sulfonamides is 1. The summed E-state index contributed by atoms with van der Waals surface area (Å²) in [5, 5.41) is 1.80. The predicted molar refractivity (Wildman–Crippen MR) is 80.9 cm³/mol. The monoisotopic (exact) mass is 382 g/mol. The van der Waals surface area contributed by atoms with E-state index in [0.29, 0.717) is 5.75 Å². The molecule has 1 amide bonds. The average molecular weight is 382 g/mol. The standard InChI is InChI=1S/C14H17F3N2O5S/c1-23-10-3-4-11(24-2)12(7-10)25(21,22)19-6-5-9(8-19)18-13(20)14(15,16)17/h3-4,7,9H,5-6,8H2,1-2H3,(H,18,20). The van der Waals surface area contributed by atoms with Gasteiger partial charge in [0.2, 0.25) is 10.0 Å². The Morgan fingerprint density at radius 1 is 1.28 bits per heavy atom. The number of hydrogen-bond donors (Lipinski definition) is 1. The van der Waals surface area contributed by atoms with Crippen LogP contribution in [0.4, 0.5) is 13.2 Å². The quantitative estimate of drug-likeness (QED) is 0.826. The number of amides is 1. The van der Waals surface area contributed by atoms with Crippen LogP contribution in [0.25, 0.3) is 0 Å². The molecule has 1 aliphatic rings.